The maximum Gasteiger partial charge on any atom is 0.345 e. The number of benzene rings is 1. The van der Waals surface area contributed by atoms with E-state index in [9.17, 15) is 23.9 Å². The highest BCUT2D eigenvalue weighted by atomic mass is 19.1. The predicted octanol–water partition coefficient (Wildman–Crippen LogP) is 1.19. The second-order valence-electron chi connectivity index (χ2n) is 6.49. The number of carbonyl (C=O) groups is 2. The predicted molar refractivity (Wildman–Crippen MR) is 104 cm³/mol. The summed E-state index contributed by atoms with van der Waals surface area (Å²) < 4.78 is 20.1. The lowest BCUT2D eigenvalue weighted by molar-refractivity contribution is -0.122. The van der Waals surface area contributed by atoms with Gasteiger partial charge in [0, 0.05) is 32.8 Å². The largest absolute Gasteiger partial charge is 0.505 e. The molecule has 0 spiro atoms. The number of carboxylic acids is 1. The Morgan fingerprint density at radius 1 is 1.30 bits per heavy atom. The van der Waals surface area contributed by atoms with Crippen LogP contribution >= 0.6 is 0 Å². The highest BCUT2D eigenvalue weighted by Crippen LogP contribution is 2.27. The summed E-state index contributed by atoms with van der Waals surface area (Å²) in [5.41, 5.74) is -0.269. The van der Waals surface area contributed by atoms with Crippen molar-refractivity contribution in [2.75, 3.05) is 13.7 Å². The van der Waals surface area contributed by atoms with E-state index in [1.807, 2.05) is 0 Å². The number of fused-ring (bicyclic) bond motifs is 1. The van der Waals surface area contributed by atoms with E-state index in [-0.39, 0.29) is 35.7 Å². The molecule has 0 saturated heterocycles. The van der Waals surface area contributed by atoms with Crippen molar-refractivity contribution < 1.29 is 28.9 Å². The number of hydrogen-bond donors (Lipinski definition) is 3. The van der Waals surface area contributed by atoms with Crippen molar-refractivity contribution in [2.45, 2.75) is 6.42 Å². The number of carboxylic acid groups (broad SMARTS) is 1. The van der Waals surface area contributed by atoms with E-state index in [0.29, 0.717) is 11.1 Å². The minimum Gasteiger partial charge on any atom is -0.505 e. The van der Waals surface area contributed by atoms with Crippen LogP contribution in [-0.4, -0.2) is 45.3 Å². The van der Waals surface area contributed by atoms with Crippen molar-refractivity contribution in [2.24, 2.45) is 7.05 Å². The van der Waals surface area contributed by atoms with Crippen molar-refractivity contribution >= 4 is 22.9 Å². The van der Waals surface area contributed by atoms with Crippen LogP contribution < -0.4 is 15.6 Å². The van der Waals surface area contributed by atoms with Crippen LogP contribution in [0.3, 0.4) is 0 Å². The van der Waals surface area contributed by atoms with Crippen LogP contribution in [0.5, 0.6) is 11.5 Å². The SMILES string of the molecule is CNC(=O)COc1cc(F)ccc1Cc1cnc2c(O)c(C(=O)O)c(=O)n(C)c2c1. The molecule has 0 fully saturated rings. The third-order valence-electron chi connectivity index (χ3n) is 4.54. The van der Waals surface area contributed by atoms with E-state index < -0.39 is 28.7 Å². The van der Waals surface area contributed by atoms with Gasteiger partial charge in [-0.15, -0.1) is 0 Å². The summed E-state index contributed by atoms with van der Waals surface area (Å²) >= 11 is 0. The molecule has 156 valence electrons. The number of aromatic hydroxyl groups is 1. The van der Waals surface area contributed by atoms with Crippen molar-refractivity contribution in [1.82, 2.24) is 14.9 Å². The zero-order valence-corrected chi connectivity index (χ0v) is 16.1. The van der Waals surface area contributed by atoms with Crippen LogP contribution in [0.1, 0.15) is 21.5 Å². The Hall–Kier alpha value is -3.95. The molecule has 0 aliphatic carbocycles. The minimum atomic E-state index is -1.55. The van der Waals surface area contributed by atoms with E-state index in [4.69, 9.17) is 9.84 Å². The molecule has 0 saturated carbocycles. The van der Waals surface area contributed by atoms with Crippen LogP contribution in [-0.2, 0) is 18.3 Å². The Morgan fingerprint density at radius 2 is 2.03 bits per heavy atom. The average Bonchev–Trinajstić information content (AvgIpc) is 2.71. The van der Waals surface area contributed by atoms with E-state index >= 15 is 0 Å². The first-order chi connectivity index (χ1) is 14.2. The van der Waals surface area contributed by atoms with Gasteiger partial charge in [0.05, 0.1) is 5.52 Å². The Balaban J connectivity index is 2.02. The highest BCUT2D eigenvalue weighted by Gasteiger charge is 2.21. The average molecular weight is 415 g/mol. The molecule has 2 heterocycles. The van der Waals surface area contributed by atoms with Crippen LogP contribution in [0.2, 0.25) is 0 Å². The van der Waals surface area contributed by atoms with E-state index in [1.165, 1.54) is 32.4 Å². The zero-order valence-electron chi connectivity index (χ0n) is 16.1. The normalized spacial score (nSPS) is 10.8. The topological polar surface area (TPSA) is 131 Å². The fourth-order valence-electron chi connectivity index (χ4n) is 2.96. The molecule has 0 atom stereocenters. The van der Waals surface area contributed by atoms with Crippen LogP contribution in [0.25, 0.3) is 11.0 Å². The fraction of sp³-hybridized carbons (Fsp3) is 0.200. The lowest BCUT2D eigenvalue weighted by atomic mass is 10.0. The highest BCUT2D eigenvalue weighted by molar-refractivity contribution is 5.97. The minimum absolute atomic E-state index is 0.0338. The van der Waals surface area contributed by atoms with Gasteiger partial charge in [-0.25, -0.2) is 9.18 Å². The third kappa shape index (κ3) is 3.93. The summed E-state index contributed by atoms with van der Waals surface area (Å²) in [5, 5.41) is 21.7. The molecule has 1 amide bonds. The van der Waals surface area contributed by atoms with Crippen molar-refractivity contribution in [3.8, 4) is 11.5 Å². The van der Waals surface area contributed by atoms with E-state index in [2.05, 4.69) is 10.3 Å². The summed E-state index contributed by atoms with van der Waals surface area (Å²) in [6, 6.07) is 5.48. The molecule has 0 radical (unpaired) electrons. The third-order valence-corrected chi connectivity index (χ3v) is 4.54. The summed E-state index contributed by atoms with van der Waals surface area (Å²) in [5.74, 6) is -2.99. The quantitative estimate of drug-likeness (QED) is 0.551. The van der Waals surface area contributed by atoms with Gasteiger partial charge >= 0.3 is 5.97 Å². The first-order valence-corrected chi connectivity index (χ1v) is 8.78. The molecule has 0 aliphatic rings. The molecule has 2 aromatic heterocycles. The second kappa shape index (κ2) is 8.19. The number of halogens is 1. The summed E-state index contributed by atoms with van der Waals surface area (Å²) in [4.78, 5) is 39.1. The Morgan fingerprint density at radius 3 is 2.70 bits per heavy atom. The van der Waals surface area contributed by atoms with Gasteiger partial charge in [0.15, 0.2) is 17.9 Å². The number of amides is 1. The van der Waals surface area contributed by atoms with Gasteiger partial charge < -0.3 is 24.8 Å². The Bertz CT molecular complexity index is 1220. The second-order valence-corrected chi connectivity index (χ2v) is 6.49. The van der Waals surface area contributed by atoms with Crippen LogP contribution in [0.4, 0.5) is 4.39 Å². The van der Waals surface area contributed by atoms with Gasteiger partial charge in [0.1, 0.15) is 17.1 Å². The van der Waals surface area contributed by atoms with Crippen LogP contribution in [0, 0.1) is 5.82 Å². The van der Waals surface area contributed by atoms with E-state index in [1.54, 1.807) is 6.07 Å². The number of nitrogens with one attached hydrogen (secondary N) is 1. The smallest absolute Gasteiger partial charge is 0.345 e. The number of nitrogens with zero attached hydrogens (tertiary/aromatic N) is 2. The maximum absolute atomic E-state index is 13.6. The van der Waals surface area contributed by atoms with Crippen molar-refractivity contribution in [1.29, 1.82) is 0 Å². The molecule has 30 heavy (non-hydrogen) atoms. The number of rotatable bonds is 6. The molecule has 3 rings (SSSR count). The van der Waals surface area contributed by atoms with E-state index in [0.717, 1.165) is 10.6 Å². The standard InChI is InChI=1S/C20H18FN3O6/c1-22-15(25)9-30-14-7-12(21)4-3-11(14)5-10-6-13-17(23-8-10)18(26)16(20(28)29)19(27)24(13)2/h3-4,6-8,26H,5,9H2,1-2H3,(H,22,25)(H,28,29). The monoisotopic (exact) mass is 415 g/mol. The van der Waals surface area contributed by atoms with Gasteiger partial charge in [-0.05, 0) is 23.3 Å². The van der Waals surface area contributed by atoms with Gasteiger partial charge in [-0.2, -0.15) is 0 Å². The molecule has 1 aromatic carbocycles. The molecule has 3 aromatic rings. The van der Waals surface area contributed by atoms with Crippen molar-refractivity contribution in [3.63, 3.8) is 0 Å². The molecular formula is C20H18FN3O6. The molecule has 0 aliphatic heterocycles. The number of aromatic carboxylic acids is 1. The van der Waals surface area contributed by atoms with Crippen LogP contribution in [0.15, 0.2) is 35.3 Å². The van der Waals surface area contributed by atoms with Gasteiger partial charge in [-0.3, -0.25) is 14.6 Å². The summed E-state index contributed by atoms with van der Waals surface area (Å²) in [6.45, 7) is -0.288. The number of carbonyl (C=O) groups excluding carboxylic acids is 1. The Labute approximate surface area is 169 Å². The van der Waals surface area contributed by atoms with Gasteiger partial charge in [0.25, 0.3) is 11.5 Å². The lowest BCUT2D eigenvalue weighted by Crippen LogP contribution is -2.25. The molecule has 10 heteroatoms. The fourth-order valence-corrected chi connectivity index (χ4v) is 2.96. The zero-order chi connectivity index (χ0) is 22.0. The molecule has 3 N–H and O–H groups in total. The summed E-state index contributed by atoms with van der Waals surface area (Å²) in [7, 11) is 2.83. The molecular weight excluding hydrogens is 397 g/mol. The van der Waals surface area contributed by atoms with Gasteiger partial charge in [-0.1, -0.05) is 6.07 Å². The lowest BCUT2D eigenvalue weighted by Gasteiger charge is -2.13. The number of hydrogen-bond acceptors (Lipinski definition) is 6. The number of pyridine rings is 2. The maximum atomic E-state index is 13.6. The van der Waals surface area contributed by atoms with Crippen molar-refractivity contribution in [3.05, 3.63) is 63.3 Å². The summed E-state index contributed by atoms with van der Waals surface area (Å²) in [6.07, 6.45) is 1.63. The Kier molecular flexibility index (Phi) is 5.67. The number of aromatic nitrogens is 2. The number of ether oxygens (including phenoxy) is 1. The molecule has 0 bridgehead atoms. The molecule has 9 nitrogen and oxygen atoms in total. The first kappa shape index (κ1) is 20.8. The van der Waals surface area contributed by atoms with Gasteiger partial charge in [0.2, 0.25) is 0 Å². The number of aryl methyl sites for hydroxylation is 1. The first-order valence-electron chi connectivity index (χ1n) is 8.78. The molecule has 0 unspecified atom stereocenters. The number of likely N-dealkylation sites (N-methyl/N-ethyl adjacent to an activating group) is 1.